The number of methoxy groups -OCH3 is 1. The van der Waals surface area contributed by atoms with Crippen LogP contribution in [0.3, 0.4) is 0 Å². The molecule has 0 unspecified atom stereocenters. The maximum Gasteiger partial charge on any atom is 0.402 e. The Bertz CT molecular complexity index is 406. The molecule has 0 rings (SSSR count). The summed E-state index contributed by atoms with van der Waals surface area (Å²) in [7, 11) is -2.89. The number of carbonyl (C=O) groups excluding carboxylic acids is 1. The van der Waals surface area contributed by atoms with Crippen molar-refractivity contribution >= 4 is 16.0 Å². The van der Waals surface area contributed by atoms with Gasteiger partial charge in [0.05, 0.1) is 12.9 Å². The molecule has 120 valence electrons. The number of alkyl halides is 3. The second kappa shape index (κ2) is 7.82. The highest BCUT2D eigenvalue weighted by Crippen LogP contribution is 2.20. The van der Waals surface area contributed by atoms with E-state index in [0.29, 0.717) is 4.31 Å². The van der Waals surface area contributed by atoms with Crippen LogP contribution in [0.4, 0.5) is 13.2 Å². The average molecular weight is 319 g/mol. The Kier molecular flexibility index (Phi) is 7.50. The molecule has 0 heterocycles. The minimum Gasteiger partial charge on any atom is -0.469 e. The van der Waals surface area contributed by atoms with Gasteiger partial charge in [-0.15, -0.1) is 0 Å². The normalized spacial score (nSPS) is 13.0. The van der Waals surface area contributed by atoms with E-state index in [0.717, 1.165) is 7.11 Å². The predicted molar refractivity (Wildman–Crippen MR) is 67.5 cm³/mol. The van der Waals surface area contributed by atoms with Crippen molar-refractivity contribution in [2.45, 2.75) is 32.9 Å². The van der Waals surface area contributed by atoms with Crippen LogP contribution >= 0.6 is 0 Å². The fourth-order valence-electron chi connectivity index (χ4n) is 1.51. The van der Waals surface area contributed by atoms with E-state index in [4.69, 9.17) is 0 Å². The molecule has 20 heavy (non-hydrogen) atoms. The molecule has 0 aliphatic carbocycles. The Morgan fingerprint density at radius 3 is 2.25 bits per heavy atom. The smallest absolute Gasteiger partial charge is 0.402 e. The Morgan fingerprint density at radius 2 is 1.85 bits per heavy atom. The van der Waals surface area contributed by atoms with Gasteiger partial charge in [-0.05, 0) is 12.3 Å². The SMILES string of the molecule is COC(=O)CCCS(=O)(=O)N(CC(C)C)CC(F)(F)F. The monoisotopic (exact) mass is 319 g/mol. The molecule has 0 saturated heterocycles. The number of sulfonamides is 1. The molecule has 0 aromatic carbocycles. The van der Waals surface area contributed by atoms with Crippen LogP contribution in [0.25, 0.3) is 0 Å². The summed E-state index contributed by atoms with van der Waals surface area (Å²) in [5.41, 5.74) is 0. The summed E-state index contributed by atoms with van der Waals surface area (Å²) in [6, 6.07) is 0. The van der Waals surface area contributed by atoms with Gasteiger partial charge in [0.1, 0.15) is 6.54 Å². The summed E-state index contributed by atoms with van der Waals surface area (Å²) < 4.78 is 65.8. The number of esters is 1. The highest BCUT2D eigenvalue weighted by molar-refractivity contribution is 7.89. The second-order valence-electron chi connectivity index (χ2n) is 4.80. The number of ether oxygens (including phenoxy) is 1. The van der Waals surface area contributed by atoms with Crippen molar-refractivity contribution < 1.29 is 31.1 Å². The van der Waals surface area contributed by atoms with Crippen molar-refractivity contribution in [2.24, 2.45) is 5.92 Å². The van der Waals surface area contributed by atoms with Gasteiger partial charge in [-0.1, -0.05) is 13.8 Å². The lowest BCUT2D eigenvalue weighted by Gasteiger charge is -2.24. The molecule has 0 aromatic rings. The van der Waals surface area contributed by atoms with Crippen LogP contribution in [0.1, 0.15) is 26.7 Å². The number of halogens is 3. The van der Waals surface area contributed by atoms with Crippen LogP contribution in [0.2, 0.25) is 0 Å². The number of hydrogen-bond acceptors (Lipinski definition) is 4. The maximum absolute atomic E-state index is 12.4. The Labute approximate surface area is 117 Å². The van der Waals surface area contributed by atoms with Gasteiger partial charge in [-0.3, -0.25) is 4.79 Å². The lowest BCUT2D eigenvalue weighted by Crippen LogP contribution is -2.42. The van der Waals surface area contributed by atoms with Gasteiger partial charge in [-0.2, -0.15) is 17.5 Å². The summed E-state index contributed by atoms with van der Waals surface area (Å²) in [6.45, 7) is 1.55. The van der Waals surface area contributed by atoms with Gasteiger partial charge in [0.25, 0.3) is 0 Å². The summed E-state index contributed by atoms with van der Waals surface area (Å²) in [5.74, 6) is -1.33. The molecule has 0 aliphatic rings. The summed E-state index contributed by atoms with van der Waals surface area (Å²) >= 11 is 0. The predicted octanol–water partition coefficient (Wildman–Crippen LogP) is 1.79. The third-order valence-electron chi connectivity index (χ3n) is 2.33. The first-order valence-electron chi connectivity index (χ1n) is 6.09. The van der Waals surface area contributed by atoms with Crippen LogP contribution in [0.5, 0.6) is 0 Å². The van der Waals surface area contributed by atoms with Crippen molar-refractivity contribution in [1.29, 1.82) is 0 Å². The highest BCUT2D eigenvalue weighted by atomic mass is 32.2. The van der Waals surface area contributed by atoms with Gasteiger partial charge in [-0.25, -0.2) is 8.42 Å². The minimum atomic E-state index is -4.59. The topological polar surface area (TPSA) is 63.7 Å². The zero-order chi connectivity index (χ0) is 16.0. The van der Waals surface area contributed by atoms with Gasteiger partial charge >= 0.3 is 12.1 Å². The molecule has 0 atom stereocenters. The standard InChI is InChI=1S/C11H20F3NO4S/c1-9(2)7-15(8-11(12,13)14)20(17,18)6-4-5-10(16)19-3/h9H,4-8H2,1-3H3. The first kappa shape index (κ1) is 19.2. The molecule has 9 heteroatoms. The van der Waals surface area contributed by atoms with Crippen LogP contribution in [0, 0.1) is 5.92 Å². The van der Waals surface area contributed by atoms with Crippen molar-refractivity contribution in [3.8, 4) is 0 Å². The van der Waals surface area contributed by atoms with Crippen LogP contribution in [-0.4, -0.2) is 50.8 Å². The number of rotatable bonds is 8. The maximum atomic E-state index is 12.4. The third kappa shape index (κ3) is 8.36. The van der Waals surface area contributed by atoms with Crippen LogP contribution in [-0.2, 0) is 19.6 Å². The lowest BCUT2D eigenvalue weighted by atomic mass is 10.2. The first-order chi connectivity index (χ1) is 8.98. The minimum absolute atomic E-state index is 0.0680. The van der Waals surface area contributed by atoms with Crippen molar-refractivity contribution in [1.82, 2.24) is 4.31 Å². The molecule has 0 saturated carbocycles. The lowest BCUT2D eigenvalue weighted by molar-refractivity contribution is -0.140. The molecule has 0 fully saturated rings. The van der Waals surface area contributed by atoms with Gasteiger partial charge in [0, 0.05) is 13.0 Å². The zero-order valence-corrected chi connectivity index (χ0v) is 12.6. The van der Waals surface area contributed by atoms with E-state index in [9.17, 15) is 26.4 Å². The summed E-state index contributed by atoms with van der Waals surface area (Å²) in [5, 5.41) is 0. The zero-order valence-electron chi connectivity index (χ0n) is 11.7. The van der Waals surface area contributed by atoms with E-state index in [2.05, 4.69) is 4.74 Å². The quantitative estimate of drug-likeness (QED) is 0.640. The number of nitrogens with zero attached hydrogens (tertiary/aromatic N) is 1. The molecule has 0 aromatic heterocycles. The van der Waals surface area contributed by atoms with Crippen molar-refractivity contribution in [3.05, 3.63) is 0 Å². The van der Waals surface area contributed by atoms with E-state index in [1.807, 2.05) is 0 Å². The molecule has 0 N–H and O–H groups in total. The van der Waals surface area contributed by atoms with Gasteiger partial charge in [0.15, 0.2) is 0 Å². The van der Waals surface area contributed by atoms with E-state index < -0.39 is 34.5 Å². The van der Waals surface area contributed by atoms with Crippen LogP contribution < -0.4 is 0 Å². The Hall–Kier alpha value is -0.830. The molecule has 5 nitrogen and oxygen atoms in total. The molecule has 0 spiro atoms. The molecule has 0 aliphatic heterocycles. The molecular formula is C11H20F3NO4S. The van der Waals surface area contributed by atoms with E-state index in [1.54, 1.807) is 13.8 Å². The summed E-state index contributed by atoms with van der Waals surface area (Å²) in [6.07, 6.45) is -4.80. The average Bonchev–Trinajstić information content (AvgIpc) is 2.25. The highest BCUT2D eigenvalue weighted by Gasteiger charge is 2.36. The number of carbonyl (C=O) groups is 1. The van der Waals surface area contributed by atoms with Gasteiger partial charge < -0.3 is 4.74 Å². The van der Waals surface area contributed by atoms with Crippen LogP contribution in [0.15, 0.2) is 0 Å². The number of hydrogen-bond donors (Lipinski definition) is 0. The first-order valence-corrected chi connectivity index (χ1v) is 7.70. The van der Waals surface area contributed by atoms with Crippen molar-refractivity contribution in [3.63, 3.8) is 0 Å². The van der Waals surface area contributed by atoms with E-state index in [1.165, 1.54) is 0 Å². The molecule has 0 amide bonds. The Morgan fingerprint density at radius 1 is 1.30 bits per heavy atom. The third-order valence-corrected chi connectivity index (χ3v) is 4.20. The van der Waals surface area contributed by atoms with Crippen molar-refractivity contribution in [2.75, 3.05) is 26.0 Å². The molecule has 0 radical (unpaired) electrons. The van der Waals surface area contributed by atoms with E-state index in [-0.39, 0.29) is 25.3 Å². The Balaban J connectivity index is 4.73. The largest absolute Gasteiger partial charge is 0.469 e. The van der Waals surface area contributed by atoms with Gasteiger partial charge in [0.2, 0.25) is 10.0 Å². The fraction of sp³-hybridized carbons (Fsp3) is 0.909. The fourth-order valence-corrected chi connectivity index (χ4v) is 3.15. The molecule has 0 bridgehead atoms. The molecular weight excluding hydrogens is 299 g/mol. The van der Waals surface area contributed by atoms with E-state index >= 15 is 0 Å². The summed E-state index contributed by atoms with van der Waals surface area (Å²) in [4.78, 5) is 10.9. The second-order valence-corrected chi connectivity index (χ2v) is 6.89.